The molecule has 7 heteroatoms. The second-order valence-corrected chi connectivity index (χ2v) is 6.40. The quantitative estimate of drug-likeness (QED) is 0.631. The first-order chi connectivity index (χ1) is 8.18. The van der Waals surface area contributed by atoms with Crippen LogP contribution in [0.15, 0.2) is 36.4 Å². The molecule has 0 heterocycles. The zero-order chi connectivity index (χ0) is 13.8. The number of hydrogen-bond donors (Lipinski definition) is 0. The van der Waals surface area contributed by atoms with Gasteiger partial charge in [-0.25, -0.2) is 8.42 Å². The smallest absolute Gasteiger partial charge is 0.212 e. The van der Waals surface area contributed by atoms with E-state index in [1.807, 2.05) is 0 Å². The number of rotatable bonds is 4. The van der Waals surface area contributed by atoms with Gasteiger partial charge in [0.05, 0.1) is 11.3 Å². The lowest BCUT2D eigenvalue weighted by atomic mass is 10.1. The second kappa shape index (κ2) is 5.75. The Balaban J connectivity index is 2.60. The maximum atomic E-state index is 12.3. The van der Waals surface area contributed by atoms with Gasteiger partial charge in [-0.3, -0.25) is 0 Å². The van der Waals surface area contributed by atoms with Gasteiger partial charge in [-0.05, 0) is 24.1 Å². The summed E-state index contributed by atoms with van der Waals surface area (Å²) in [7, 11) is 1.41. The molecule has 0 fully saturated rings. The number of benzene rings is 1. The number of halogens is 4. The van der Waals surface area contributed by atoms with Crippen LogP contribution in [0.1, 0.15) is 11.1 Å². The fraction of sp³-hybridized carbons (Fsp3) is 0.273. The summed E-state index contributed by atoms with van der Waals surface area (Å²) >= 11 is 0. The SMILES string of the molecule is O=S(=O)(Cl)CC=CCc1ccc(C(F)(F)F)cc1. The number of hydrogen-bond acceptors (Lipinski definition) is 2. The Hall–Kier alpha value is -1.01. The summed E-state index contributed by atoms with van der Waals surface area (Å²) in [5.41, 5.74) is -0.0511. The molecule has 18 heavy (non-hydrogen) atoms. The Morgan fingerprint density at radius 2 is 1.67 bits per heavy atom. The van der Waals surface area contributed by atoms with Crippen molar-refractivity contribution < 1.29 is 21.6 Å². The average Bonchev–Trinajstić information content (AvgIpc) is 2.22. The summed E-state index contributed by atoms with van der Waals surface area (Å²) in [4.78, 5) is 0. The molecule has 0 aliphatic carbocycles. The van der Waals surface area contributed by atoms with Crippen LogP contribution in [0.5, 0.6) is 0 Å². The lowest BCUT2D eigenvalue weighted by Gasteiger charge is -2.06. The Morgan fingerprint density at radius 3 is 2.11 bits per heavy atom. The van der Waals surface area contributed by atoms with E-state index >= 15 is 0 Å². The topological polar surface area (TPSA) is 34.1 Å². The predicted molar refractivity (Wildman–Crippen MR) is 63.9 cm³/mol. The predicted octanol–water partition coefficient (Wildman–Crippen LogP) is 3.37. The summed E-state index contributed by atoms with van der Waals surface area (Å²) in [6.07, 6.45) is -1.09. The van der Waals surface area contributed by atoms with E-state index in [-0.39, 0.29) is 5.75 Å². The van der Waals surface area contributed by atoms with Crippen molar-refractivity contribution in [2.75, 3.05) is 5.75 Å². The average molecular weight is 299 g/mol. The molecular weight excluding hydrogens is 289 g/mol. The zero-order valence-corrected chi connectivity index (χ0v) is 10.7. The highest BCUT2D eigenvalue weighted by Gasteiger charge is 2.29. The third-order valence-electron chi connectivity index (χ3n) is 2.10. The number of alkyl halides is 3. The van der Waals surface area contributed by atoms with Gasteiger partial charge in [-0.1, -0.05) is 24.3 Å². The highest BCUT2D eigenvalue weighted by atomic mass is 35.7. The maximum absolute atomic E-state index is 12.3. The summed E-state index contributed by atoms with van der Waals surface area (Å²) in [5, 5.41) is 0. The zero-order valence-electron chi connectivity index (χ0n) is 9.11. The van der Waals surface area contributed by atoms with E-state index in [0.29, 0.717) is 12.0 Å². The summed E-state index contributed by atoms with van der Waals surface area (Å²) < 4.78 is 58.0. The molecule has 0 aliphatic heterocycles. The van der Waals surface area contributed by atoms with Gasteiger partial charge in [-0.15, -0.1) is 0 Å². The van der Waals surface area contributed by atoms with E-state index < -0.39 is 20.8 Å². The molecule has 2 nitrogen and oxygen atoms in total. The third kappa shape index (κ3) is 5.55. The minimum atomic E-state index is -4.35. The Kier molecular flexibility index (Phi) is 4.81. The van der Waals surface area contributed by atoms with Crippen molar-refractivity contribution in [3.05, 3.63) is 47.5 Å². The first-order valence-corrected chi connectivity index (χ1v) is 7.40. The van der Waals surface area contributed by atoms with Crippen molar-refractivity contribution in [2.45, 2.75) is 12.6 Å². The largest absolute Gasteiger partial charge is 0.416 e. The van der Waals surface area contributed by atoms with Crippen LogP contribution < -0.4 is 0 Å². The lowest BCUT2D eigenvalue weighted by Crippen LogP contribution is -2.04. The molecule has 0 bridgehead atoms. The molecule has 0 unspecified atom stereocenters. The van der Waals surface area contributed by atoms with Crippen LogP contribution in [0.25, 0.3) is 0 Å². The van der Waals surface area contributed by atoms with Gasteiger partial charge in [0.2, 0.25) is 9.05 Å². The molecule has 100 valence electrons. The van der Waals surface area contributed by atoms with Crippen LogP contribution >= 0.6 is 10.7 Å². The molecule has 0 radical (unpaired) electrons. The van der Waals surface area contributed by atoms with E-state index in [4.69, 9.17) is 10.7 Å². The fourth-order valence-corrected chi connectivity index (χ4v) is 1.82. The standard InChI is InChI=1S/C11H10ClF3O2S/c12-18(16,17)8-2-1-3-9-4-6-10(7-5-9)11(13,14)15/h1-2,4-7H,3,8H2. The first-order valence-electron chi connectivity index (χ1n) is 4.92. The molecule has 0 N–H and O–H groups in total. The maximum Gasteiger partial charge on any atom is 0.416 e. The Bertz CT molecular complexity index is 518. The van der Waals surface area contributed by atoms with Gasteiger partial charge in [0.25, 0.3) is 0 Å². The molecule has 0 atom stereocenters. The Labute approximate surface area is 107 Å². The van der Waals surface area contributed by atoms with E-state index in [0.717, 1.165) is 12.1 Å². The normalized spacial score (nSPS) is 13.1. The molecule has 0 saturated heterocycles. The van der Waals surface area contributed by atoms with Crippen molar-refractivity contribution in [3.8, 4) is 0 Å². The monoisotopic (exact) mass is 298 g/mol. The van der Waals surface area contributed by atoms with Crippen LogP contribution in [-0.2, 0) is 21.6 Å². The first kappa shape index (κ1) is 15.0. The molecule has 1 aromatic rings. The highest BCUT2D eigenvalue weighted by molar-refractivity contribution is 8.13. The van der Waals surface area contributed by atoms with Gasteiger partial charge < -0.3 is 0 Å². The van der Waals surface area contributed by atoms with Crippen molar-refractivity contribution >= 4 is 19.7 Å². The number of allylic oxidation sites excluding steroid dienone is 1. The summed E-state index contributed by atoms with van der Waals surface area (Å²) in [5.74, 6) is -0.296. The molecule has 1 aromatic carbocycles. The molecule has 1 rings (SSSR count). The van der Waals surface area contributed by atoms with E-state index in [2.05, 4.69) is 0 Å². The van der Waals surface area contributed by atoms with Crippen LogP contribution in [0, 0.1) is 0 Å². The van der Waals surface area contributed by atoms with Crippen molar-refractivity contribution in [1.29, 1.82) is 0 Å². The lowest BCUT2D eigenvalue weighted by molar-refractivity contribution is -0.137. The molecule has 0 aliphatic rings. The summed E-state index contributed by atoms with van der Waals surface area (Å²) in [6.45, 7) is 0. The molecule has 0 spiro atoms. The van der Waals surface area contributed by atoms with E-state index in [9.17, 15) is 21.6 Å². The second-order valence-electron chi connectivity index (χ2n) is 3.58. The fourth-order valence-electron chi connectivity index (χ4n) is 1.23. The van der Waals surface area contributed by atoms with Gasteiger partial charge in [0, 0.05) is 10.7 Å². The van der Waals surface area contributed by atoms with E-state index in [1.165, 1.54) is 18.2 Å². The van der Waals surface area contributed by atoms with Gasteiger partial charge in [-0.2, -0.15) is 13.2 Å². The highest BCUT2D eigenvalue weighted by Crippen LogP contribution is 2.29. The molecule has 0 saturated carbocycles. The van der Waals surface area contributed by atoms with Crippen molar-refractivity contribution in [2.24, 2.45) is 0 Å². The van der Waals surface area contributed by atoms with Crippen LogP contribution in [0.4, 0.5) is 13.2 Å². The van der Waals surface area contributed by atoms with Gasteiger partial charge >= 0.3 is 6.18 Å². The summed E-state index contributed by atoms with van der Waals surface area (Å²) in [6, 6.07) is 4.67. The minimum absolute atomic E-state index is 0.296. The Morgan fingerprint density at radius 1 is 1.11 bits per heavy atom. The molecule has 0 aromatic heterocycles. The van der Waals surface area contributed by atoms with Crippen LogP contribution in [-0.4, -0.2) is 14.2 Å². The van der Waals surface area contributed by atoms with Crippen molar-refractivity contribution in [1.82, 2.24) is 0 Å². The van der Waals surface area contributed by atoms with Crippen LogP contribution in [0.2, 0.25) is 0 Å². The van der Waals surface area contributed by atoms with Crippen LogP contribution in [0.3, 0.4) is 0 Å². The van der Waals surface area contributed by atoms with E-state index in [1.54, 1.807) is 6.08 Å². The third-order valence-corrected chi connectivity index (χ3v) is 3.07. The van der Waals surface area contributed by atoms with Gasteiger partial charge in [0.1, 0.15) is 0 Å². The van der Waals surface area contributed by atoms with Gasteiger partial charge in [0.15, 0.2) is 0 Å². The molecule has 0 amide bonds. The molecular formula is C11H10ClF3O2S. The minimum Gasteiger partial charge on any atom is -0.212 e. The van der Waals surface area contributed by atoms with Crippen molar-refractivity contribution in [3.63, 3.8) is 0 Å².